The molecule has 2 aliphatic rings. The molecule has 0 radical (unpaired) electrons. The lowest BCUT2D eigenvalue weighted by Crippen LogP contribution is -2.44. The minimum Gasteiger partial charge on any atom is -0.467 e. The first-order chi connectivity index (χ1) is 12.6. The van der Waals surface area contributed by atoms with Crippen molar-refractivity contribution in [2.24, 2.45) is 0 Å². The molecular formula is C16H14F3N3O5. The third kappa shape index (κ3) is 3.03. The molecule has 1 aromatic carbocycles. The number of rotatable bonds is 4. The highest BCUT2D eigenvalue weighted by atomic mass is 19.4. The molecule has 144 valence electrons. The van der Waals surface area contributed by atoms with E-state index in [1.807, 2.05) is 0 Å². The first-order valence-corrected chi connectivity index (χ1v) is 7.80. The molecule has 0 saturated carbocycles. The number of hydrazine groups is 1. The highest BCUT2D eigenvalue weighted by molar-refractivity contribution is 6.21. The number of benzene rings is 1. The van der Waals surface area contributed by atoms with Crippen molar-refractivity contribution in [1.82, 2.24) is 15.3 Å². The van der Waals surface area contributed by atoms with Crippen LogP contribution in [0.1, 0.15) is 27.6 Å². The maximum atomic E-state index is 13.3. The van der Waals surface area contributed by atoms with Crippen molar-refractivity contribution in [1.29, 1.82) is 0 Å². The molecule has 2 heterocycles. The summed E-state index contributed by atoms with van der Waals surface area (Å²) in [5, 5.41) is 2.80. The Morgan fingerprint density at radius 1 is 1.15 bits per heavy atom. The third-order valence-electron chi connectivity index (χ3n) is 4.30. The zero-order valence-electron chi connectivity index (χ0n) is 14.1. The van der Waals surface area contributed by atoms with E-state index in [0.717, 1.165) is 7.11 Å². The first kappa shape index (κ1) is 18.8. The Hall–Kier alpha value is -2.95. The molecular weight excluding hydrogens is 371 g/mol. The van der Waals surface area contributed by atoms with Gasteiger partial charge in [0.15, 0.2) is 6.04 Å². The molecule has 0 aliphatic carbocycles. The maximum Gasteiger partial charge on any atom is 0.408 e. The molecule has 4 atom stereocenters. The summed E-state index contributed by atoms with van der Waals surface area (Å²) < 4.78 is 44.4. The summed E-state index contributed by atoms with van der Waals surface area (Å²) >= 11 is 0. The predicted octanol–water partition coefficient (Wildman–Crippen LogP) is 0.490. The fourth-order valence-electron chi connectivity index (χ4n) is 2.98. The number of nitrogens with zero attached hydrogens (tertiary/aromatic N) is 2. The number of hydrogen-bond donors (Lipinski definition) is 1. The van der Waals surface area contributed by atoms with E-state index < -0.39 is 48.0 Å². The normalized spacial score (nSPS) is 25.1. The van der Waals surface area contributed by atoms with Gasteiger partial charge in [-0.3, -0.25) is 14.4 Å². The van der Waals surface area contributed by atoms with Crippen LogP contribution in [-0.2, 0) is 14.3 Å². The smallest absolute Gasteiger partial charge is 0.408 e. The van der Waals surface area contributed by atoms with Gasteiger partial charge < -0.3 is 10.1 Å². The molecule has 1 saturated heterocycles. The number of methoxy groups -OCH3 is 1. The summed E-state index contributed by atoms with van der Waals surface area (Å²) in [5.41, 5.74) is -0.0881. The number of halogens is 3. The Balaban J connectivity index is 1.86. The Kier molecular flexibility index (Phi) is 4.42. The molecule has 3 rings (SSSR count). The number of alkyl halides is 3. The van der Waals surface area contributed by atoms with Gasteiger partial charge in [0.1, 0.15) is 12.1 Å². The van der Waals surface area contributed by atoms with Gasteiger partial charge in [0.2, 0.25) is 5.91 Å². The first-order valence-electron chi connectivity index (χ1n) is 7.80. The summed E-state index contributed by atoms with van der Waals surface area (Å²) in [5.74, 6) is -3.88. The average molecular weight is 385 g/mol. The Morgan fingerprint density at radius 3 is 2.11 bits per heavy atom. The van der Waals surface area contributed by atoms with Gasteiger partial charge in [0.25, 0.3) is 11.8 Å². The van der Waals surface area contributed by atoms with Crippen molar-refractivity contribution in [3.63, 3.8) is 0 Å². The zero-order valence-corrected chi connectivity index (χ0v) is 14.1. The number of carbonyl (C=O) groups excluding carboxylic acids is 4. The topological polar surface area (TPSA) is 95.8 Å². The monoisotopic (exact) mass is 385 g/mol. The molecule has 3 amide bonds. The van der Waals surface area contributed by atoms with Crippen LogP contribution in [0, 0.1) is 0 Å². The lowest BCUT2D eigenvalue weighted by atomic mass is 10.1. The van der Waals surface area contributed by atoms with Crippen LogP contribution in [0.4, 0.5) is 13.2 Å². The largest absolute Gasteiger partial charge is 0.467 e. The van der Waals surface area contributed by atoms with E-state index in [9.17, 15) is 32.3 Å². The average Bonchev–Trinajstić information content (AvgIpc) is 3.31. The Labute approximate surface area is 150 Å². The van der Waals surface area contributed by atoms with Gasteiger partial charge in [-0.2, -0.15) is 18.2 Å². The van der Waals surface area contributed by atoms with Crippen molar-refractivity contribution in [3.8, 4) is 0 Å². The molecule has 8 nitrogen and oxygen atoms in total. The van der Waals surface area contributed by atoms with Crippen LogP contribution < -0.4 is 5.32 Å². The van der Waals surface area contributed by atoms with Crippen molar-refractivity contribution in [2.75, 3.05) is 7.11 Å². The van der Waals surface area contributed by atoms with Gasteiger partial charge in [0, 0.05) is 0 Å². The molecule has 0 spiro atoms. The number of fused-ring (bicyclic) bond motifs is 1. The number of imide groups is 1. The van der Waals surface area contributed by atoms with Gasteiger partial charge in [0.05, 0.1) is 18.2 Å². The molecule has 1 unspecified atom stereocenters. The lowest BCUT2D eigenvalue weighted by molar-refractivity contribution is -0.146. The predicted molar refractivity (Wildman–Crippen MR) is 82.0 cm³/mol. The van der Waals surface area contributed by atoms with Gasteiger partial charge >= 0.3 is 12.1 Å². The van der Waals surface area contributed by atoms with Crippen molar-refractivity contribution in [3.05, 3.63) is 35.4 Å². The zero-order chi connectivity index (χ0) is 20.1. The second-order valence-electron chi connectivity index (χ2n) is 6.03. The van der Waals surface area contributed by atoms with Crippen LogP contribution in [0.3, 0.4) is 0 Å². The van der Waals surface area contributed by atoms with E-state index in [2.05, 4.69) is 10.1 Å². The van der Waals surface area contributed by atoms with Crippen LogP contribution in [0.2, 0.25) is 0 Å². The Bertz CT molecular complexity index is 806. The molecule has 1 fully saturated rings. The molecule has 0 bridgehead atoms. The van der Waals surface area contributed by atoms with E-state index >= 15 is 0 Å². The van der Waals surface area contributed by atoms with E-state index in [0.29, 0.717) is 10.0 Å². The van der Waals surface area contributed by atoms with E-state index in [1.54, 1.807) is 0 Å². The van der Waals surface area contributed by atoms with E-state index in [1.165, 1.54) is 31.2 Å². The summed E-state index contributed by atoms with van der Waals surface area (Å²) in [6.45, 7) is 1.24. The number of amides is 3. The van der Waals surface area contributed by atoms with Gasteiger partial charge in [-0.1, -0.05) is 12.1 Å². The Morgan fingerprint density at radius 2 is 1.67 bits per heavy atom. The van der Waals surface area contributed by atoms with Crippen LogP contribution in [0.25, 0.3) is 0 Å². The van der Waals surface area contributed by atoms with Crippen LogP contribution in [-0.4, -0.2) is 65.1 Å². The number of carbonyl (C=O) groups is 4. The van der Waals surface area contributed by atoms with Gasteiger partial charge in [-0.15, -0.1) is 0 Å². The number of nitrogens with one attached hydrogen (secondary N) is 1. The maximum absolute atomic E-state index is 13.3. The highest BCUT2D eigenvalue weighted by Gasteiger charge is 2.71. The number of ether oxygens (including phenoxy) is 1. The SMILES string of the molecule is COC(=O)[C@H](C)NC(=O)[C@H]1[C@H](C(F)(F)F)N1N1C(=O)c2ccccc2C1=O. The third-order valence-corrected chi connectivity index (χ3v) is 4.30. The summed E-state index contributed by atoms with van der Waals surface area (Å²) in [7, 11) is 1.06. The molecule has 27 heavy (non-hydrogen) atoms. The van der Waals surface area contributed by atoms with E-state index in [4.69, 9.17) is 0 Å². The van der Waals surface area contributed by atoms with Crippen molar-refractivity contribution < 1.29 is 37.1 Å². The van der Waals surface area contributed by atoms with E-state index in [-0.39, 0.29) is 11.1 Å². The van der Waals surface area contributed by atoms with Crippen LogP contribution in [0.15, 0.2) is 24.3 Å². The summed E-state index contributed by atoms with van der Waals surface area (Å²) in [6.07, 6.45) is -4.87. The summed E-state index contributed by atoms with van der Waals surface area (Å²) in [4.78, 5) is 48.4. The van der Waals surface area contributed by atoms with Crippen molar-refractivity contribution in [2.45, 2.75) is 31.2 Å². The van der Waals surface area contributed by atoms with Gasteiger partial charge in [-0.25, -0.2) is 9.80 Å². The fraction of sp³-hybridized carbons (Fsp3) is 0.375. The van der Waals surface area contributed by atoms with Crippen LogP contribution >= 0.6 is 0 Å². The second-order valence-corrected chi connectivity index (χ2v) is 6.03. The fourth-order valence-corrected chi connectivity index (χ4v) is 2.98. The standard InChI is InChI=1S/C16H14F3N3O5/c1-7(15(26)27-2)20-12(23)10-11(16(17,18)19)21(10)22-13(24)8-5-3-4-6-9(8)14(22)25/h3-7,10-11H,1-2H3,(H,20,23)/t7-,10+,11+,21?/m0/s1. The molecule has 0 aromatic heterocycles. The quantitative estimate of drug-likeness (QED) is 0.461. The molecule has 2 aliphatic heterocycles. The molecule has 11 heteroatoms. The van der Waals surface area contributed by atoms with Crippen LogP contribution in [0.5, 0.6) is 0 Å². The highest BCUT2D eigenvalue weighted by Crippen LogP contribution is 2.45. The number of esters is 1. The van der Waals surface area contributed by atoms with Gasteiger partial charge in [-0.05, 0) is 19.1 Å². The lowest BCUT2D eigenvalue weighted by Gasteiger charge is -2.17. The molecule has 1 N–H and O–H groups in total. The molecule has 1 aromatic rings. The summed E-state index contributed by atoms with van der Waals surface area (Å²) in [6, 6.07) is 0.176. The number of hydrogen-bond acceptors (Lipinski definition) is 6. The second kappa shape index (κ2) is 6.34. The minimum absolute atomic E-state index is 0.0441. The minimum atomic E-state index is -4.87. The van der Waals surface area contributed by atoms with Crippen molar-refractivity contribution >= 4 is 23.7 Å².